The Kier molecular flexibility index (Phi) is 6.19. The number of para-hydroxylation sites is 1. The second kappa shape index (κ2) is 9.26. The Morgan fingerprint density at radius 3 is 2.33 bits per heavy atom. The van der Waals surface area contributed by atoms with Gasteiger partial charge in [0, 0.05) is 23.9 Å². The van der Waals surface area contributed by atoms with E-state index in [1.54, 1.807) is 0 Å². The lowest BCUT2D eigenvalue weighted by molar-refractivity contribution is -0.122. The zero-order valence-electron chi connectivity index (χ0n) is 19.8. The van der Waals surface area contributed by atoms with Crippen molar-refractivity contribution in [1.29, 1.82) is 0 Å². The molecule has 1 unspecified atom stereocenters. The van der Waals surface area contributed by atoms with Crippen LogP contribution in [-0.2, 0) is 10.2 Å². The van der Waals surface area contributed by atoms with Crippen LogP contribution in [-0.4, -0.2) is 50.4 Å². The maximum Gasteiger partial charge on any atom is 0.245 e. The molecule has 1 atom stereocenters. The topological polar surface area (TPSA) is 51.2 Å². The fourth-order valence-corrected chi connectivity index (χ4v) is 5.34. The molecule has 3 aliphatic heterocycles. The molecule has 0 radical (unpaired) electrons. The normalized spacial score (nSPS) is 20.0. The fraction of sp³-hybridized carbons (Fsp3) is 0.519. The molecule has 0 bridgehead atoms. The standard InChI is InChI=1S/C27H34N2O4/c1-3-5-12-28(13-6-4-2)14-9-15-29-22-11-8-7-10-20(22)27(26(29)30)18-31-23-17-25-24(16-21(23)27)32-19-33-25/h7-8,10-11,16-17H,3-6,9,12-15,18-19H2,1-2H3. The first-order chi connectivity index (χ1) is 16.2. The van der Waals surface area contributed by atoms with Gasteiger partial charge >= 0.3 is 0 Å². The minimum Gasteiger partial charge on any atom is -0.491 e. The number of hydrogen-bond acceptors (Lipinski definition) is 5. The SMILES string of the molecule is CCCCN(CCCC)CCCN1C(=O)C2(COc3cc4c(cc32)OCO4)c2ccccc21. The van der Waals surface area contributed by atoms with Crippen molar-refractivity contribution < 1.29 is 19.0 Å². The lowest BCUT2D eigenvalue weighted by Crippen LogP contribution is -2.43. The fourth-order valence-electron chi connectivity index (χ4n) is 5.34. The maximum atomic E-state index is 14.0. The summed E-state index contributed by atoms with van der Waals surface area (Å²) in [6.07, 6.45) is 5.82. The number of carbonyl (C=O) groups excluding carboxylic acids is 1. The molecule has 0 saturated carbocycles. The van der Waals surface area contributed by atoms with Crippen LogP contribution in [0, 0.1) is 0 Å². The van der Waals surface area contributed by atoms with Gasteiger partial charge in [-0.1, -0.05) is 44.9 Å². The number of fused-ring (bicyclic) bond motifs is 5. The van der Waals surface area contributed by atoms with E-state index in [0.717, 1.165) is 48.6 Å². The van der Waals surface area contributed by atoms with Gasteiger partial charge < -0.3 is 24.0 Å². The van der Waals surface area contributed by atoms with E-state index >= 15 is 0 Å². The summed E-state index contributed by atoms with van der Waals surface area (Å²) >= 11 is 0. The summed E-state index contributed by atoms with van der Waals surface area (Å²) in [5, 5.41) is 0. The summed E-state index contributed by atoms with van der Waals surface area (Å²) in [4.78, 5) is 18.6. The zero-order valence-corrected chi connectivity index (χ0v) is 19.8. The van der Waals surface area contributed by atoms with Crippen LogP contribution in [0.4, 0.5) is 5.69 Å². The highest BCUT2D eigenvalue weighted by Gasteiger charge is 2.57. The molecule has 2 aromatic rings. The van der Waals surface area contributed by atoms with Crippen LogP contribution in [0.5, 0.6) is 17.2 Å². The van der Waals surface area contributed by atoms with Crippen molar-refractivity contribution in [2.75, 3.05) is 44.5 Å². The predicted molar refractivity (Wildman–Crippen MR) is 129 cm³/mol. The smallest absolute Gasteiger partial charge is 0.245 e. The summed E-state index contributed by atoms with van der Waals surface area (Å²) in [6.45, 7) is 9.01. The van der Waals surface area contributed by atoms with E-state index in [0.29, 0.717) is 24.7 Å². The number of carbonyl (C=O) groups is 1. The molecule has 176 valence electrons. The maximum absolute atomic E-state index is 14.0. The largest absolute Gasteiger partial charge is 0.491 e. The van der Waals surface area contributed by atoms with E-state index in [9.17, 15) is 4.79 Å². The quantitative estimate of drug-likeness (QED) is 0.524. The Bertz CT molecular complexity index is 1020. The van der Waals surface area contributed by atoms with Gasteiger partial charge in [0.15, 0.2) is 11.5 Å². The number of ether oxygens (including phenoxy) is 3. The molecular weight excluding hydrogens is 416 g/mol. The molecule has 0 fully saturated rings. The monoisotopic (exact) mass is 450 g/mol. The van der Waals surface area contributed by atoms with Crippen molar-refractivity contribution in [3.63, 3.8) is 0 Å². The van der Waals surface area contributed by atoms with E-state index in [1.807, 2.05) is 29.2 Å². The molecule has 0 aliphatic carbocycles. The van der Waals surface area contributed by atoms with E-state index < -0.39 is 5.41 Å². The van der Waals surface area contributed by atoms with Crippen LogP contribution in [0.15, 0.2) is 36.4 Å². The first-order valence-corrected chi connectivity index (χ1v) is 12.4. The van der Waals surface area contributed by atoms with Crippen LogP contribution >= 0.6 is 0 Å². The first-order valence-electron chi connectivity index (χ1n) is 12.4. The number of nitrogens with zero attached hydrogens (tertiary/aromatic N) is 2. The average Bonchev–Trinajstić information content (AvgIpc) is 3.51. The van der Waals surface area contributed by atoms with Crippen molar-refractivity contribution in [1.82, 2.24) is 4.90 Å². The molecular formula is C27H34N2O4. The van der Waals surface area contributed by atoms with Crippen LogP contribution in [0.25, 0.3) is 0 Å². The van der Waals surface area contributed by atoms with E-state index in [4.69, 9.17) is 14.2 Å². The zero-order chi connectivity index (χ0) is 22.8. The Hall–Kier alpha value is -2.73. The van der Waals surface area contributed by atoms with Gasteiger partial charge in [-0.25, -0.2) is 0 Å². The van der Waals surface area contributed by atoms with Gasteiger partial charge in [0.2, 0.25) is 12.7 Å². The molecule has 5 rings (SSSR count). The van der Waals surface area contributed by atoms with Crippen molar-refractivity contribution in [3.05, 3.63) is 47.5 Å². The molecule has 1 spiro atoms. The predicted octanol–water partition coefficient (Wildman–Crippen LogP) is 4.73. The van der Waals surface area contributed by atoms with Crippen molar-refractivity contribution in [2.45, 2.75) is 51.4 Å². The van der Waals surface area contributed by atoms with Gasteiger partial charge in [0.25, 0.3) is 0 Å². The highest BCUT2D eigenvalue weighted by Crippen LogP contribution is 2.54. The van der Waals surface area contributed by atoms with Crippen LogP contribution in [0.2, 0.25) is 0 Å². The number of unbranched alkanes of at least 4 members (excludes halogenated alkanes) is 2. The number of rotatable bonds is 10. The Labute approximate surface area is 196 Å². The molecule has 0 N–H and O–H groups in total. The highest BCUT2D eigenvalue weighted by atomic mass is 16.7. The van der Waals surface area contributed by atoms with E-state index in [-0.39, 0.29) is 12.7 Å². The van der Waals surface area contributed by atoms with Crippen molar-refractivity contribution in [3.8, 4) is 17.2 Å². The van der Waals surface area contributed by atoms with Gasteiger partial charge in [-0.15, -0.1) is 0 Å². The molecule has 2 aromatic carbocycles. The van der Waals surface area contributed by atoms with Crippen LogP contribution in [0.3, 0.4) is 0 Å². The number of anilines is 1. The number of amides is 1. The van der Waals surface area contributed by atoms with Crippen molar-refractivity contribution in [2.24, 2.45) is 0 Å². The van der Waals surface area contributed by atoms with E-state index in [1.165, 1.54) is 25.7 Å². The third-order valence-electron chi connectivity index (χ3n) is 7.16. The molecule has 0 saturated heterocycles. The average molecular weight is 451 g/mol. The third-order valence-corrected chi connectivity index (χ3v) is 7.16. The van der Waals surface area contributed by atoms with Gasteiger partial charge in [-0.3, -0.25) is 4.79 Å². The third kappa shape index (κ3) is 3.74. The van der Waals surface area contributed by atoms with Gasteiger partial charge in [-0.05, 0) is 56.6 Å². The summed E-state index contributed by atoms with van der Waals surface area (Å²) in [6, 6.07) is 12.0. The lowest BCUT2D eigenvalue weighted by atomic mass is 9.77. The molecule has 33 heavy (non-hydrogen) atoms. The highest BCUT2D eigenvalue weighted by molar-refractivity contribution is 6.11. The minimum absolute atomic E-state index is 0.106. The second-order valence-electron chi connectivity index (χ2n) is 9.27. The first kappa shape index (κ1) is 22.1. The summed E-state index contributed by atoms with van der Waals surface area (Å²) in [5.74, 6) is 2.19. The lowest BCUT2D eigenvalue weighted by Gasteiger charge is -2.25. The molecule has 3 heterocycles. The van der Waals surface area contributed by atoms with Gasteiger partial charge in [0.1, 0.15) is 17.8 Å². The second-order valence-corrected chi connectivity index (χ2v) is 9.27. The Morgan fingerprint density at radius 2 is 1.58 bits per heavy atom. The summed E-state index contributed by atoms with van der Waals surface area (Å²) < 4.78 is 17.2. The van der Waals surface area contributed by atoms with E-state index in [2.05, 4.69) is 30.9 Å². The summed E-state index contributed by atoms with van der Waals surface area (Å²) in [7, 11) is 0. The Balaban J connectivity index is 1.38. The van der Waals surface area contributed by atoms with Gasteiger partial charge in [0.05, 0.1) is 0 Å². The summed E-state index contributed by atoms with van der Waals surface area (Å²) in [5.41, 5.74) is 2.11. The number of hydrogen-bond donors (Lipinski definition) is 0. The molecule has 1 amide bonds. The molecule has 0 aromatic heterocycles. The minimum atomic E-state index is -0.809. The number of benzene rings is 2. The molecule has 6 nitrogen and oxygen atoms in total. The molecule has 3 aliphatic rings. The van der Waals surface area contributed by atoms with Gasteiger partial charge in [-0.2, -0.15) is 0 Å². The van der Waals surface area contributed by atoms with Crippen LogP contribution in [0.1, 0.15) is 57.1 Å². The Morgan fingerprint density at radius 1 is 0.879 bits per heavy atom. The van der Waals surface area contributed by atoms with Crippen LogP contribution < -0.4 is 19.1 Å². The van der Waals surface area contributed by atoms with Crippen molar-refractivity contribution >= 4 is 11.6 Å². The molecule has 6 heteroatoms.